The number of carbonyl (C=O) groups is 1. The fourth-order valence-corrected chi connectivity index (χ4v) is 2.91. The van der Waals surface area contributed by atoms with Gasteiger partial charge >= 0.3 is 0 Å². The van der Waals surface area contributed by atoms with Crippen molar-refractivity contribution in [1.29, 1.82) is 5.26 Å². The van der Waals surface area contributed by atoms with E-state index in [0.717, 1.165) is 19.3 Å². The van der Waals surface area contributed by atoms with Crippen LogP contribution in [0.3, 0.4) is 0 Å². The van der Waals surface area contributed by atoms with Crippen molar-refractivity contribution in [1.82, 2.24) is 5.32 Å². The average molecular weight is 390 g/mol. The maximum atomic E-state index is 12.5. The fourth-order valence-electron chi connectivity index (χ4n) is 2.91. The second kappa shape index (κ2) is 11.0. The number of nitrogens with one attached hydrogen (secondary N) is 1. The van der Waals surface area contributed by atoms with Gasteiger partial charge in [-0.3, -0.25) is 4.79 Å². The van der Waals surface area contributed by atoms with E-state index in [-0.39, 0.29) is 34.9 Å². The van der Waals surface area contributed by atoms with Gasteiger partial charge in [-0.1, -0.05) is 26.7 Å². The zero-order chi connectivity index (χ0) is 21.3. The molecule has 1 aromatic rings. The van der Waals surface area contributed by atoms with E-state index in [2.05, 4.69) is 19.2 Å². The molecule has 1 atom stereocenters. The van der Waals surface area contributed by atoms with Crippen molar-refractivity contribution in [2.45, 2.75) is 71.9 Å². The number of anilines is 1. The number of Topliss-reactive ketones (excluding diaryl/α,β-unsaturated/α-hetero) is 1. The number of β-amino-alcohol motifs (C(OH)–C–C–N with tert-alkyl or cyclic N) is 1. The van der Waals surface area contributed by atoms with Crippen LogP contribution >= 0.6 is 0 Å². The number of aliphatic hydroxyl groups excluding tert-OH is 1. The smallest absolute Gasteiger partial charge is 0.165 e. The Bertz CT molecular complexity index is 685. The topological polar surface area (TPSA) is 108 Å². The molecule has 1 unspecified atom stereocenters. The van der Waals surface area contributed by atoms with Crippen molar-refractivity contribution in [2.75, 3.05) is 18.9 Å². The highest BCUT2D eigenvalue weighted by atomic mass is 16.5. The van der Waals surface area contributed by atoms with Gasteiger partial charge in [0.05, 0.1) is 5.69 Å². The largest absolute Gasteiger partial charge is 0.489 e. The number of nitrogen functional groups attached to an aromatic ring is 1. The number of rotatable bonds is 11. The van der Waals surface area contributed by atoms with E-state index >= 15 is 0 Å². The lowest BCUT2D eigenvalue weighted by Gasteiger charge is -2.23. The fraction of sp³-hybridized carbons (Fsp3) is 0.636. The predicted octanol–water partition coefficient (Wildman–Crippen LogP) is 3.67. The molecule has 1 rings (SSSR count). The molecule has 6 heteroatoms. The molecule has 0 spiro atoms. The third-order valence-corrected chi connectivity index (χ3v) is 4.85. The zero-order valence-electron chi connectivity index (χ0n) is 17.8. The molecule has 0 heterocycles. The Balaban J connectivity index is 2.80. The summed E-state index contributed by atoms with van der Waals surface area (Å²) in [5, 5.41) is 22.7. The van der Waals surface area contributed by atoms with Crippen LogP contribution < -0.4 is 15.8 Å². The summed E-state index contributed by atoms with van der Waals surface area (Å²) in [7, 11) is 0. The molecule has 0 aliphatic carbocycles. The van der Waals surface area contributed by atoms with Crippen LogP contribution in [0.2, 0.25) is 0 Å². The zero-order valence-corrected chi connectivity index (χ0v) is 17.8. The molecule has 6 nitrogen and oxygen atoms in total. The predicted molar refractivity (Wildman–Crippen MR) is 112 cm³/mol. The summed E-state index contributed by atoms with van der Waals surface area (Å²) < 4.78 is 5.60. The Labute approximate surface area is 169 Å². The van der Waals surface area contributed by atoms with Crippen molar-refractivity contribution in [3.8, 4) is 11.8 Å². The van der Waals surface area contributed by atoms with Gasteiger partial charge in [0.15, 0.2) is 5.78 Å². The molecular weight excluding hydrogens is 354 g/mol. The minimum Gasteiger partial charge on any atom is -0.489 e. The van der Waals surface area contributed by atoms with Gasteiger partial charge < -0.3 is 20.9 Å². The maximum absolute atomic E-state index is 12.5. The quantitative estimate of drug-likeness (QED) is 0.394. The van der Waals surface area contributed by atoms with E-state index in [9.17, 15) is 15.2 Å². The molecule has 1 aromatic carbocycles. The highest BCUT2D eigenvalue weighted by Crippen LogP contribution is 2.29. The molecule has 0 aromatic heterocycles. The van der Waals surface area contributed by atoms with E-state index in [1.165, 1.54) is 0 Å². The summed E-state index contributed by atoms with van der Waals surface area (Å²) in [5.74, 6) is 0.750. The Morgan fingerprint density at radius 1 is 1.32 bits per heavy atom. The van der Waals surface area contributed by atoms with Crippen LogP contribution in [0.4, 0.5) is 5.69 Å². The number of carbonyl (C=O) groups excluding carboxylic acids is 1. The van der Waals surface area contributed by atoms with Gasteiger partial charge in [-0.2, -0.15) is 5.26 Å². The van der Waals surface area contributed by atoms with Crippen LogP contribution in [-0.4, -0.2) is 35.7 Å². The number of benzene rings is 1. The number of hydrogen-bond donors (Lipinski definition) is 3. The van der Waals surface area contributed by atoms with E-state index in [0.29, 0.717) is 24.4 Å². The molecule has 0 saturated carbocycles. The maximum Gasteiger partial charge on any atom is 0.165 e. The van der Waals surface area contributed by atoms with E-state index in [1.807, 2.05) is 26.8 Å². The second-order valence-corrected chi connectivity index (χ2v) is 8.25. The summed E-state index contributed by atoms with van der Waals surface area (Å²) in [4.78, 5) is 12.5. The van der Waals surface area contributed by atoms with Crippen LogP contribution in [0, 0.1) is 17.2 Å². The van der Waals surface area contributed by atoms with E-state index < -0.39 is 6.10 Å². The van der Waals surface area contributed by atoms with E-state index in [4.69, 9.17) is 10.5 Å². The van der Waals surface area contributed by atoms with Crippen molar-refractivity contribution >= 4 is 11.5 Å². The highest BCUT2D eigenvalue weighted by molar-refractivity contribution is 6.02. The van der Waals surface area contributed by atoms with Gasteiger partial charge in [0.25, 0.3) is 0 Å². The van der Waals surface area contributed by atoms with Crippen molar-refractivity contribution < 1.29 is 14.6 Å². The number of nitriles is 1. The van der Waals surface area contributed by atoms with Crippen LogP contribution in [0.25, 0.3) is 0 Å². The molecular formula is C22H35N3O3. The number of ether oxygens (including phenoxy) is 1. The van der Waals surface area contributed by atoms with Crippen molar-refractivity contribution in [3.63, 3.8) is 0 Å². The highest BCUT2D eigenvalue weighted by Gasteiger charge is 2.19. The van der Waals surface area contributed by atoms with Crippen LogP contribution in [0.15, 0.2) is 12.1 Å². The molecule has 0 radical (unpaired) electrons. The summed E-state index contributed by atoms with van der Waals surface area (Å²) in [6, 6.07) is 5.22. The molecule has 0 bridgehead atoms. The third-order valence-electron chi connectivity index (χ3n) is 4.85. The number of nitrogens with zero attached hydrogens (tertiary/aromatic N) is 1. The molecule has 0 saturated heterocycles. The first-order chi connectivity index (χ1) is 13.1. The molecule has 4 N–H and O–H groups in total. The van der Waals surface area contributed by atoms with Gasteiger partial charge in [0.2, 0.25) is 0 Å². The van der Waals surface area contributed by atoms with Gasteiger partial charge in [0, 0.05) is 24.1 Å². The van der Waals surface area contributed by atoms with Crippen LogP contribution in [-0.2, 0) is 0 Å². The van der Waals surface area contributed by atoms with Crippen molar-refractivity contribution in [2.24, 2.45) is 5.92 Å². The van der Waals surface area contributed by atoms with Gasteiger partial charge in [-0.05, 0) is 45.2 Å². The lowest BCUT2D eigenvalue weighted by Crippen LogP contribution is -2.42. The number of nitrogens with two attached hydrogens (primary N) is 1. The van der Waals surface area contributed by atoms with Gasteiger partial charge in [-0.15, -0.1) is 0 Å². The minimum atomic E-state index is -0.728. The molecule has 0 aliphatic heterocycles. The lowest BCUT2D eigenvalue weighted by molar-refractivity contribution is 0.0971. The Morgan fingerprint density at radius 3 is 2.50 bits per heavy atom. The molecule has 0 aliphatic rings. The average Bonchev–Trinajstić information content (AvgIpc) is 2.64. The van der Waals surface area contributed by atoms with Crippen molar-refractivity contribution in [3.05, 3.63) is 23.3 Å². The number of ketones is 1. The Kier molecular flexibility index (Phi) is 9.44. The summed E-state index contributed by atoms with van der Waals surface area (Å²) in [6.45, 7) is 10.7. The monoisotopic (exact) mass is 389 g/mol. The molecule has 0 amide bonds. The lowest BCUT2D eigenvalue weighted by atomic mass is 9.93. The Morgan fingerprint density at radius 2 is 1.96 bits per heavy atom. The SMILES string of the molecule is CCC(CC)CCC(=O)c1ccc(OCC(O)CNC(C)(C)C)c(C#N)c1N. The first-order valence-electron chi connectivity index (χ1n) is 10.0. The first kappa shape index (κ1) is 23.9. The summed E-state index contributed by atoms with van der Waals surface area (Å²) >= 11 is 0. The van der Waals surface area contributed by atoms with Gasteiger partial charge in [0.1, 0.15) is 30.1 Å². The molecule has 28 heavy (non-hydrogen) atoms. The second-order valence-electron chi connectivity index (χ2n) is 8.25. The first-order valence-corrected chi connectivity index (χ1v) is 10.0. The standard InChI is InChI=1S/C22H35N3O3/c1-6-15(7-2)8-10-19(27)17-9-11-20(18(12-23)21(17)24)28-14-16(26)13-25-22(3,4)5/h9,11,15-16,25-26H,6-8,10,13-14,24H2,1-5H3. The normalized spacial score (nSPS) is 12.6. The van der Waals surface area contributed by atoms with Crippen LogP contribution in [0.5, 0.6) is 5.75 Å². The number of aliphatic hydroxyl groups is 1. The van der Waals surface area contributed by atoms with E-state index in [1.54, 1.807) is 12.1 Å². The third kappa shape index (κ3) is 7.49. The number of hydrogen-bond acceptors (Lipinski definition) is 6. The minimum absolute atomic E-state index is 0.0270. The molecule has 0 fully saturated rings. The summed E-state index contributed by atoms with van der Waals surface area (Å²) in [5.41, 5.74) is 6.64. The van der Waals surface area contributed by atoms with Gasteiger partial charge in [-0.25, -0.2) is 0 Å². The van der Waals surface area contributed by atoms with Crippen LogP contribution in [0.1, 0.15) is 76.2 Å². The molecule has 156 valence electrons. The Hall–Kier alpha value is -2.10. The summed E-state index contributed by atoms with van der Waals surface area (Å²) in [6.07, 6.45) is 2.59.